The number of rotatable bonds is 4. The van der Waals surface area contributed by atoms with E-state index in [0.29, 0.717) is 24.0 Å². The zero-order valence-electron chi connectivity index (χ0n) is 13.3. The molecule has 0 amide bonds. The van der Waals surface area contributed by atoms with Crippen LogP contribution in [-0.2, 0) is 10.0 Å². The fourth-order valence-electron chi connectivity index (χ4n) is 2.72. The van der Waals surface area contributed by atoms with Gasteiger partial charge >= 0.3 is 0 Å². The third-order valence-electron chi connectivity index (χ3n) is 4.05. The van der Waals surface area contributed by atoms with Crippen molar-refractivity contribution in [3.63, 3.8) is 0 Å². The summed E-state index contributed by atoms with van der Waals surface area (Å²) in [6.07, 6.45) is 1.41. The molecule has 0 spiro atoms. The van der Waals surface area contributed by atoms with Gasteiger partial charge in [0.05, 0.1) is 9.82 Å². The normalized spacial score (nSPS) is 21.5. The summed E-state index contributed by atoms with van der Waals surface area (Å²) in [6.45, 7) is 6.09. The highest BCUT2D eigenvalue weighted by atomic mass is 35.5. The fraction of sp³-hybridized carbons (Fsp3) is 0.571. The highest BCUT2D eigenvalue weighted by Gasteiger charge is 2.27. The second kappa shape index (κ2) is 7.57. The second-order valence-electron chi connectivity index (χ2n) is 5.84. The summed E-state index contributed by atoms with van der Waals surface area (Å²) in [4.78, 5) is 10.4. The summed E-state index contributed by atoms with van der Waals surface area (Å²) in [6, 6.07) is 2.62. The Morgan fingerprint density at radius 1 is 1.35 bits per heavy atom. The lowest BCUT2D eigenvalue weighted by molar-refractivity contribution is -0.385. The SMILES string of the molecule is Cc1cc([N+](=O)[O-])cc(S(=O)(=O)NC2CCNC(C)C2)c1C.Cl. The standard InChI is InChI=1S/C14H21N3O4S.ClH/c1-9-6-13(17(18)19)8-14(11(9)3)22(20,21)16-12-4-5-15-10(2)7-12;/h6,8,10,12,15-16H,4-5,7H2,1-3H3;1H. The van der Waals surface area contributed by atoms with E-state index in [4.69, 9.17) is 0 Å². The molecule has 2 unspecified atom stereocenters. The first-order chi connectivity index (χ1) is 10.2. The third kappa shape index (κ3) is 4.63. The summed E-state index contributed by atoms with van der Waals surface area (Å²) in [7, 11) is -3.77. The van der Waals surface area contributed by atoms with Crippen LogP contribution in [0.5, 0.6) is 0 Å². The van der Waals surface area contributed by atoms with Gasteiger partial charge in [0, 0.05) is 24.2 Å². The van der Waals surface area contributed by atoms with Gasteiger partial charge in [0.1, 0.15) is 0 Å². The summed E-state index contributed by atoms with van der Waals surface area (Å²) < 4.78 is 27.9. The quantitative estimate of drug-likeness (QED) is 0.629. The Morgan fingerprint density at radius 2 is 2.00 bits per heavy atom. The van der Waals surface area contributed by atoms with E-state index < -0.39 is 14.9 Å². The molecular formula is C14H22ClN3O4S. The van der Waals surface area contributed by atoms with Crippen LogP contribution in [0.3, 0.4) is 0 Å². The van der Waals surface area contributed by atoms with Crippen LogP contribution in [0.4, 0.5) is 5.69 Å². The molecule has 2 rings (SSSR count). The number of piperidine rings is 1. The maximum atomic E-state index is 12.6. The largest absolute Gasteiger partial charge is 0.314 e. The molecule has 0 aromatic heterocycles. The molecule has 1 aromatic carbocycles. The number of benzene rings is 1. The molecule has 0 radical (unpaired) electrons. The summed E-state index contributed by atoms with van der Waals surface area (Å²) in [5, 5.41) is 14.2. The van der Waals surface area contributed by atoms with Crippen LogP contribution in [0.25, 0.3) is 0 Å². The number of nitrogens with zero attached hydrogens (tertiary/aromatic N) is 1. The minimum absolute atomic E-state index is 0. The zero-order chi connectivity index (χ0) is 16.5. The molecule has 2 N–H and O–H groups in total. The molecule has 130 valence electrons. The molecule has 0 aliphatic carbocycles. The first-order valence-electron chi connectivity index (χ1n) is 7.22. The van der Waals surface area contributed by atoms with Gasteiger partial charge in [-0.15, -0.1) is 12.4 Å². The molecule has 0 saturated carbocycles. The lowest BCUT2D eigenvalue weighted by atomic mass is 10.0. The Balaban J connectivity index is 0.00000264. The Hall–Kier alpha value is -1.22. The molecule has 9 heteroatoms. The molecule has 2 atom stereocenters. The number of non-ortho nitro benzene ring substituents is 1. The molecule has 1 aromatic rings. The molecule has 7 nitrogen and oxygen atoms in total. The molecule has 1 saturated heterocycles. The number of sulfonamides is 1. The van der Waals surface area contributed by atoms with Crippen LogP contribution in [0, 0.1) is 24.0 Å². The maximum Gasteiger partial charge on any atom is 0.271 e. The molecule has 1 aliphatic rings. The smallest absolute Gasteiger partial charge is 0.271 e. The monoisotopic (exact) mass is 363 g/mol. The third-order valence-corrected chi connectivity index (χ3v) is 5.70. The molecule has 23 heavy (non-hydrogen) atoms. The number of hydrogen-bond donors (Lipinski definition) is 2. The van der Waals surface area contributed by atoms with Gasteiger partial charge in [-0.05, 0) is 51.3 Å². The molecule has 1 aliphatic heterocycles. The van der Waals surface area contributed by atoms with Gasteiger partial charge in [0.15, 0.2) is 0 Å². The minimum atomic E-state index is -3.77. The number of halogens is 1. The molecule has 0 bridgehead atoms. The van der Waals surface area contributed by atoms with Crippen LogP contribution < -0.4 is 10.0 Å². The number of nitro benzene ring substituents is 1. The number of hydrogen-bond acceptors (Lipinski definition) is 5. The second-order valence-corrected chi connectivity index (χ2v) is 7.52. The molecular weight excluding hydrogens is 342 g/mol. The first kappa shape index (κ1) is 19.8. The summed E-state index contributed by atoms with van der Waals surface area (Å²) in [5.41, 5.74) is 0.926. The number of nitro groups is 1. The van der Waals surface area contributed by atoms with Crippen molar-refractivity contribution in [2.75, 3.05) is 6.54 Å². The number of aryl methyl sites for hydroxylation is 1. The predicted molar refractivity (Wildman–Crippen MR) is 90.6 cm³/mol. The van der Waals surface area contributed by atoms with E-state index in [1.54, 1.807) is 13.8 Å². The average Bonchev–Trinajstić information content (AvgIpc) is 2.40. The van der Waals surface area contributed by atoms with Crippen LogP contribution in [0.2, 0.25) is 0 Å². The van der Waals surface area contributed by atoms with Crippen molar-refractivity contribution in [3.05, 3.63) is 33.4 Å². The fourth-order valence-corrected chi connectivity index (χ4v) is 4.33. The van der Waals surface area contributed by atoms with Gasteiger partial charge in [-0.1, -0.05) is 0 Å². The Labute approximate surface area is 142 Å². The number of nitrogens with one attached hydrogen (secondary N) is 2. The Morgan fingerprint density at radius 3 is 2.57 bits per heavy atom. The van der Waals surface area contributed by atoms with E-state index in [2.05, 4.69) is 10.0 Å². The van der Waals surface area contributed by atoms with Crippen LogP contribution in [0.15, 0.2) is 17.0 Å². The minimum Gasteiger partial charge on any atom is -0.314 e. The highest BCUT2D eigenvalue weighted by molar-refractivity contribution is 7.89. The predicted octanol–water partition coefficient (Wildman–Crippen LogP) is 2.05. The van der Waals surface area contributed by atoms with Gasteiger partial charge < -0.3 is 5.32 Å². The van der Waals surface area contributed by atoms with Crippen molar-refractivity contribution in [1.29, 1.82) is 0 Å². The molecule has 1 heterocycles. The van der Waals surface area contributed by atoms with E-state index in [1.165, 1.54) is 6.07 Å². The first-order valence-corrected chi connectivity index (χ1v) is 8.70. The highest BCUT2D eigenvalue weighted by Crippen LogP contribution is 2.26. The van der Waals surface area contributed by atoms with Gasteiger partial charge in [0.2, 0.25) is 10.0 Å². The Kier molecular flexibility index (Phi) is 6.52. The Bertz CT molecular complexity index is 694. The van der Waals surface area contributed by atoms with Gasteiger partial charge in [-0.2, -0.15) is 0 Å². The molecule has 1 fully saturated rings. The van der Waals surface area contributed by atoms with Crippen molar-refractivity contribution < 1.29 is 13.3 Å². The lowest BCUT2D eigenvalue weighted by Crippen LogP contribution is -2.46. The van der Waals surface area contributed by atoms with Crippen LogP contribution in [0.1, 0.15) is 30.9 Å². The van der Waals surface area contributed by atoms with Crippen molar-refractivity contribution in [2.45, 2.75) is 50.6 Å². The van der Waals surface area contributed by atoms with E-state index in [1.807, 2.05) is 6.92 Å². The summed E-state index contributed by atoms with van der Waals surface area (Å²) in [5.74, 6) is 0. The van der Waals surface area contributed by atoms with E-state index in [-0.39, 0.29) is 35.1 Å². The average molecular weight is 364 g/mol. The van der Waals surface area contributed by atoms with E-state index in [0.717, 1.165) is 12.6 Å². The van der Waals surface area contributed by atoms with Crippen molar-refractivity contribution >= 4 is 28.1 Å². The van der Waals surface area contributed by atoms with E-state index >= 15 is 0 Å². The van der Waals surface area contributed by atoms with Crippen molar-refractivity contribution in [2.24, 2.45) is 0 Å². The van der Waals surface area contributed by atoms with E-state index in [9.17, 15) is 18.5 Å². The zero-order valence-corrected chi connectivity index (χ0v) is 15.0. The maximum absolute atomic E-state index is 12.6. The van der Waals surface area contributed by atoms with Crippen LogP contribution in [-0.4, -0.2) is 32.0 Å². The van der Waals surface area contributed by atoms with Crippen LogP contribution >= 0.6 is 12.4 Å². The topological polar surface area (TPSA) is 101 Å². The van der Waals surface area contributed by atoms with Gasteiger partial charge in [-0.25, -0.2) is 13.1 Å². The van der Waals surface area contributed by atoms with Gasteiger partial charge in [-0.3, -0.25) is 10.1 Å². The van der Waals surface area contributed by atoms with Crippen molar-refractivity contribution in [3.8, 4) is 0 Å². The lowest BCUT2D eigenvalue weighted by Gasteiger charge is -2.28. The summed E-state index contributed by atoms with van der Waals surface area (Å²) >= 11 is 0. The van der Waals surface area contributed by atoms with Gasteiger partial charge in [0.25, 0.3) is 5.69 Å². The van der Waals surface area contributed by atoms with Crippen molar-refractivity contribution in [1.82, 2.24) is 10.0 Å².